The lowest BCUT2D eigenvalue weighted by molar-refractivity contribution is -0.0421. The molecule has 0 saturated carbocycles. The number of anilines is 1. The highest BCUT2D eigenvalue weighted by Gasteiger charge is 2.24. The molecule has 106 valence electrons. The van der Waals surface area contributed by atoms with Crippen LogP contribution >= 0.6 is 0 Å². The first kappa shape index (κ1) is 14.3. The standard InChI is InChI=1S/C15H24N2O2/c1-11-8-17(9-15(10-18)19-11)14-6-4-13(5-7-14)12(2)16-3/h4-7,11-12,15-16,18H,8-10H2,1-3H3. The first-order valence-corrected chi connectivity index (χ1v) is 6.92. The second-order valence-corrected chi connectivity index (χ2v) is 5.26. The number of morpholine rings is 1. The van der Waals surface area contributed by atoms with E-state index in [2.05, 4.69) is 41.4 Å². The Balaban J connectivity index is 2.08. The normalized spacial score (nSPS) is 25.4. The van der Waals surface area contributed by atoms with E-state index in [9.17, 15) is 5.11 Å². The molecule has 0 amide bonds. The Morgan fingerprint density at radius 2 is 2.05 bits per heavy atom. The van der Waals surface area contributed by atoms with Gasteiger partial charge in [0.2, 0.25) is 0 Å². The van der Waals surface area contributed by atoms with Crippen molar-refractivity contribution in [1.82, 2.24) is 5.32 Å². The molecule has 0 bridgehead atoms. The van der Waals surface area contributed by atoms with Gasteiger partial charge in [-0.25, -0.2) is 0 Å². The Morgan fingerprint density at radius 1 is 1.37 bits per heavy atom. The van der Waals surface area contributed by atoms with E-state index in [0.29, 0.717) is 6.04 Å². The van der Waals surface area contributed by atoms with E-state index in [1.54, 1.807) is 0 Å². The first-order chi connectivity index (χ1) is 9.13. The highest BCUT2D eigenvalue weighted by atomic mass is 16.5. The maximum atomic E-state index is 9.26. The molecule has 3 unspecified atom stereocenters. The maximum Gasteiger partial charge on any atom is 0.0984 e. The second-order valence-electron chi connectivity index (χ2n) is 5.26. The van der Waals surface area contributed by atoms with Crippen LogP contribution in [0.5, 0.6) is 0 Å². The lowest BCUT2D eigenvalue weighted by Crippen LogP contribution is -2.48. The van der Waals surface area contributed by atoms with Crippen molar-refractivity contribution in [3.63, 3.8) is 0 Å². The van der Waals surface area contributed by atoms with Crippen LogP contribution in [-0.4, -0.2) is 44.1 Å². The number of ether oxygens (including phenoxy) is 1. The van der Waals surface area contributed by atoms with E-state index in [1.165, 1.54) is 11.3 Å². The Labute approximate surface area is 115 Å². The summed E-state index contributed by atoms with van der Waals surface area (Å²) in [5.74, 6) is 0. The van der Waals surface area contributed by atoms with Crippen LogP contribution in [-0.2, 0) is 4.74 Å². The van der Waals surface area contributed by atoms with Crippen LogP contribution in [0, 0.1) is 0 Å². The van der Waals surface area contributed by atoms with Crippen LogP contribution in [0.15, 0.2) is 24.3 Å². The molecule has 0 spiro atoms. The van der Waals surface area contributed by atoms with Gasteiger partial charge in [-0.2, -0.15) is 0 Å². The van der Waals surface area contributed by atoms with Gasteiger partial charge >= 0.3 is 0 Å². The molecular formula is C15H24N2O2. The number of aliphatic hydroxyl groups excluding tert-OH is 1. The van der Waals surface area contributed by atoms with E-state index in [-0.39, 0.29) is 18.8 Å². The molecule has 4 heteroatoms. The fraction of sp³-hybridized carbons (Fsp3) is 0.600. The molecule has 1 aliphatic heterocycles. The number of aliphatic hydroxyl groups is 1. The molecule has 0 aliphatic carbocycles. The number of hydrogen-bond acceptors (Lipinski definition) is 4. The summed E-state index contributed by atoms with van der Waals surface area (Å²) in [5, 5.41) is 12.5. The van der Waals surface area contributed by atoms with E-state index >= 15 is 0 Å². The fourth-order valence-electron chi connectivity index (χ4n) is 2.50. The van der Waals surface area contributed by atoms with Crippen LogP contribution in [0.25, 0.3) is 0 Å². The molecule has 2 rings (SSSR count). The zero-order valence-electron chi connectivity index (χ0n) is 12.0. The molecule has 1 aliphatic rings. The lowest BCUT2D eigenvalue weighted by Gasteiger charge is -2.37. The van der Waals surface area contributed by atoms with Gasteiger partial charge in [0.1, 0.15) is 0 Å². The number of nitrogens with one attached hydrogen (secondary N) is 1. The largest absolute Gasteiger partial charge is 0.394 e. The van der Waals surface area contributed by atoms with Crippen molar-refractivity contribution in [3.8, 4) is 0 Å². The van der Waals surface area contributed by atoms with Gasteiger partial charge in [0.15, 0.2) is 0 Å². The average Bonchev–Trinajstić information content (AvgIpc) is 2.46. The van der Waals surface area contributed by atoms with Gasteiger partial charge < -0.3 is 20.1 Å². The summed E-state index contributed by atoms with van der Waals surface area (Å²) < 4.78 is 5.66. The predicted molar refractivity (Wildman–Crippen MR) is 77.6 cm³/mol. The molecule has 19 heavy (non-hydrogen) atoms. The molecular weight excluding hydrogens is 240 g/mol. The van der Waals surface area contributed by atoms with Gasteiger partial charge in [-0.1, -0.05) is 12.1 Å². The summed E-state index contributed by atoms with van der Waals surface area (Å²) in [6.45, 7) is 5.90. The third kappa shape index (κ3) is 3.47. The monoisotopic (exact) mass is 264 g/mol. The Morgan fingerprint density at radius 3 is 2.63 bits per heavy atom. The Bertz CT molecular complexity index is 394. The quantitative estimate of drug-likeness (QED) is 0.866. The minimum atomic E-state index is -0.0836. The third-order valence-corrected chi connectivity index (χ3v) is 3.72. The number of benzene rings is 1. The maximum absolute atomic E-state index is 9.26. The highest BCUT2D eigenvalue weighted by Crippen LogP contribution is 2.22. The summed E-state index contributed by atoms with van der Waals surface area (Å²) in [6, 6.07) is 8.98. The zero-order valence-corrected chi connectivity index (χ0v) is 12.0. The van der Waals surface area contributed by atoms with E-state index in [4.69, 9.17) is 4.74 Å². The van der Waals surface area contributed by atoms with Crippen molar-refractivity contribution in [1.29, 1.82) is 0 Å². The Kier molecular flexibility index (Phi) is 4.80. The van der Waals surface area contributed by atoms with E-state index in [0.717, 1.165) is 13.1 Å². The summed E-state index contributed by atoms with van der Waals surface area (Å²) in [5.41, 5.74) is 2.48. The zero-order chi connectivity index (χ0) is 13.8. The van der Waals surface area contributed by atoms with Crippen molar-refractivity contribution < 1.29 is 9.84 Å². The molecule has 1 fully saturated rings. The van der Waals surface area contributed by atoms with Gasteiger partial charge in [0.05, 0.1) is 18.8 Å². The van der Waals surface area contributed by atoms with Crippen LogP contribution in [0.4, 0.5) is 5.69 Å². The lowest BCUT2D eigenvalue weighted by atomic mass is 10.1. The third-order valence-electron chi connectivity index (χ3n) is 3.72. The highest BCUT2D eigenvalue weighted by molar-refractivity contribution is 5.48. The number of nitrogens with zero attached hydrogens (tertiary/aromatic N) is 1. The molecule has 3 atom stereocenters. The number of hydrogen-bond donors (Lipinski definition) is 2. The van der Waals surface area contributed by atoms with Crippen LogP contribution in [0.3, 0.4) is 0 Å². The topological polar surface area (TPSA) is 44.7 Å². The van der Waals surface area contributed by atoms with Crippen molar-refractivity contribution in [3.05, 3.63) is 29.8 Å². The molecule has 1 saturated heterocycles. The molecule has 0 aromatic heterocycles. The molecule has 1 aromatic carbocycles. The average molecular weight is 264 g/mol. The van der Waals surface area contributed by atoms with E-state index in [1.807, 2.05) is 14.0 Å². The summed E-state index contributed by atoms with van der Waals surface area (Å²) in [7, 11) is 1.97. The van der Waals surface area contributed by atoms with Gasteiger partial charge in [-0.05, 0) is 38.6 Å². The van der Waals surface area contributed by atoms with Crippen molar-refractivity contribution >= 4 is 5.69 Å². The summed E-state index contributed by atoms with van der Waals surface area (Å²) >= 11 is 0. The van der Waals surface area contributed by atoms with Crippen LogP contribution in [0.1, 0.15) is 25.5 Å². The van der Waals surface area contributed by atoms with Crippen LogP contribution < -0.4 is 10.2 Å². The number of rotatable bonds is 4. The second kappa shape index (κ2) is 6.37. The molecule has 0 radical (unpaired) electrons. The first-order valence-electron chi connectivity index (χ1n) is 6.92. The van der Waals surface area contributed by atoms with Gasteiger partial charge in [0.25, 0.3) is 0 Å². The van der Waals surface area contributed by atoms with Gasteiger partial charge in [-0.3, -0.25) is 0 Å². The van der Waals surface area contributed by atoms with E-state index < -0.39 is 0 Å². The Hall–Kier alpha value is -1.10. The van der Waals surface area contributed by atoms with Crippen molar-refractivity contribution in [2.24, 2.45) is 0 Å². The molecule has 1 aromatic rings. The van der Waals surface area contributed by atoms with Crippen molar-refractivity contribution in [2.45, 2.75) is 32.1 Å². The minimum Gasteiger partial charge on any atom is -0.394 e. The van der Waals surface area contributed by atoms with Crippen molar-refractivity contribution in [2.75, 3.05) is 31.6 Å². The summed E-state index contributed by atoms with van der Waals surface area (Å²) in [6.07, 6.45) is 0.0708. The molecule has 2 N–H and O–H groups in total. The molecule has 1 heterocycles. The smallest absolute Gasteiger partial charge is 0.0984 e. The SMILES string of the molecule is CNC(C)c1ccc(N2CC(C)OC(CO)C2)cc1. The van der Waals surface area contributed by atoms with Gasteiger partial charge in [-0.15, -0.1) is 0 Å². The summed E-state index contributed by atoms with van der Waals surface area (Å²) in [4.78, 5) is 2.28. The molecule has 4 nitrogen and oxygen atoms in total. The van der Waals surface area contributed by atoms with Gasteiger partial charge in [0, 0.05) is 24.8 Å². The minimum absolute atomic E-state index is 0.0791. The van der Waals surface area contributed by atoms with Crippen LogP contribution in [0.2, 0.25) is 0 Å². The fourth-order valence-corrected chi connectivity index (χ4v) is 2.50. The predicted octanol–water partition coefficient (Wildman–Crippen LogP) is 1.55.